The molecule has 134 valence electrons. The molecular weight excluding hydrogens is 316 g/mol. The predicted molar refractivity (Wildman–Crippen MR) is 94.8 cm³/mol. The Labute approximate surface area is 148 Å². The number of aryl methyl sites for hydroxylation is 2. The van der Waals surface area contributed by atoms with Crippen molar-refractivity contribution in [2.45, 2.75) is 38.5 Å². The molecule has 0 unspecified atom stereocenters. The molecule has 25 heavy (non-hydrogen) atoms. The number of methoxy groups -OCH3 is 1. The molecule has 2 aliphatic heterocycles. The van der Waals surface area contributed by atoms with Gasteiger partial charge in [-0.25, -0.2) is 0 Å². The number of nitrogens with zero attached hydrogens (tertiary/aromatic N) is 2. The predicted octanol–water partition coefficient (Wildman–Crippen LogP) is 2.27. The van der Waals surface area contributed by atoms with Gasteiger partial charge in [-0.2, -0.15) is 0 Å². The maximum absolute atomic E-state index is 13.2. The van der Waals surface area contributed by atoms with Crippen LogP contribution in [0.25, 0.3) is 0 Å². The van der Waals surface area contributed by atoms with Crippen LogP contribution in [0.15, 0.2) is 12.1 Å². The van der Waals surface area contributed by atoms with E-state index in [1.807, 2.05) is 29.0 Å². The Bertz CT molecular complexity index is 730. The molecule has 5 heteroatoms. The van der Waals surface area contributed by atoms with Gasteiger partial charge in [-0.15, -0.1) is 0 Å². The average Bonchev–Trinajstić information content (AvgIpc) is 3.25. The number of benzene rings is 1. The molecule has 0 aromatic heterocycles. The Balaban J connectivity index is 1.59. The smallest absolute Gasteiger partial charge is 0.257 e. The second-order valence-electron chi connectivity index (χ2n) is 7.76. The van der Waals surface area contributed by atoms with Crippen molar-refractivity contribution in [2.24, 2.45) is 5.41 Å². The van der Waals surface area contributed by atoms with E-state index in [9.17, 15) is 9.59 Å². The first-order valence-corrected chi connectivity index (χ1v) is 9.29. The minimum absolute atomic E-state index is 0.00412. The van der Waals surface area contributed by atoms with Crippen molar-refractivity contribution in [1.82, 2.24) is 9.80 Å². The number of rotatable bonds is 2. The van der Waals surface area contributed by atoms with Crippen molar-refractivity contribution in [3.05, 3.63) is 28.8 Å². The standard InChI is InChI=1S/C20H26N2O3/c1-21-9-4-7-20(19(21)24)8-10-22(13-20)18(23)16-11-14-5-3-6-15(14)12-17(16)25-2/h11-12H,3-10,13H2,1-2H3/t20-/m1/s1. The van der Waals surface area contributed by atoms with Crippen LogP contribution in [0.1, 0.15) is 47.2 Å². The minimum atomic E-state index is -0.368. The molecule has 0 radical (unpaired) electrons. The molecule has 1 aliphatic carbocycles. The topological polar surface area (TPSA) is 49.9 Å². The molecular formula is C20H26N2O3. The number of carbonyl (C=O) groups is 2. The van der Waals surface area contributed by atoms with Crippen molar-refractivity contribution in [1.29, 1.82) is 0 Å². The third kappa shape index (κ3) is 2.60. The highest BCUT2D eigenvalue weighted by Gasteiger charge is 2.48. The third-order valence-electron chi connectivity index (χ3n) is 6.23. The van der Waals surface area contributed by atoms with E-state index >= 15 is 0 Å². The van der Waals surface area contributed by atoms with Gasteiger partial charge in [0.05, 0.1) is 18.1 Å². The van der Waals surface area contributed by atoms with Gasteiger partial charge in [-0.05, 0) is 61.8 Å². The average molecular weight is 342 g/mol. The fraction of sp³-hybridized carbons (Fsp3) is 0.600. The van der Waals surface area contributed by atoms with Gasteiger partial charge in [-0.3, -0.25) is 9.59 Å². The lowest BCUT2D eigenvalue weighted by molar-refractivity contribution is -0.143. The fourth-order valence-electron chi connectivity index (χ4n) is 4.80. The van der Waals surface area contributed by atoms with Crippen molar-refractivity contribution < 1.29 is 14.3 Å². The van der Waals surface area contributed by atoms with Crippen LogP contribution >= 0.6 is 0 Å². The highest BCUT2D eigenvalue weighted by atomic mass is 16.5. The van der Waals surface area contributed by atoms with E-state index in [1.165, 1.54) is 11.1 Å². The molecule has 2 amide bonds. The third-order valence-corrected chi connectivity index (χ3v) is 6.23. The summed E-state index contributed by atoms with van der Waals surface area (Å²) >= 11 is 0. The van der Waals surface area contributed by atoms with Gasteiger partial charge in [-0.1, -0.05) is 0 Å². The molecule has 2 heterocycles. The SMILES string of the molecule is COc1cc2c(cc1C(=O)N1CC[C@]3(CCCN(C)C3=O)C1)CCC2. The van der Waals surface area contributed by atoms with Crippen LogP contribution in [-0.4, -0.2) is 55.4 Å². The molecule has 4 rings (SSSR count). The molecule has 0 saturated carbocycles. The summed E-state index contributed by atoms with van der Waals surface area (Å²) in [6, 6.07) is 4.05. The Morgan fingerprint density at radius 3 is 2.64 bits per heavy atom. The van der Waals surface area contributed by atoms with E-state index in [2.05, 4.69) is 0 Å². The highest BCUT2D eigenvalue weighted by Crippen LogP contribution is 2.41. The first kappa shape index (κ1) is 16.4. The van der Waals surface area contributed by atoms with Crippen LogP contribution in [0, 0.1) is 5.41 Å². The largest absolute Gasteiger partial charge is 0.496 e. The fourth-order valence-corrected chi connectivity index (χ4v) is 4.80. The van der Waals surface area contributed by atoms with Crippen LogP contribution in [0.4, 0.5) is 0 Å². The summed E-state index contributed by atoms with van der Waals surface area (Å²) in [6.07, 6.45) is 5.92. The Hall–Kier alpha value is -2.04. The van der Waals surface area contributed by atoms with Gasteiger partial charge in [0, 0.05) is 26.7 Å². The number of amides is 2. The molecule has 5 nitrogen and oxygen atoms in total. The van der Waals surface area contributed by atoms with E-state index in [1.54, 1.807) is 7.11 Å². The molecule has 2 fully saturated rings. The van der Waals surface area contributed by atoms with Gasteiger partial charge < -0.3 is 14.5 Å². The maximum Gasteiger partial charge on any atom is 0.257 e. The summed E-state index contributed by atoms with van der Waals surface area (Å²) in [4.78, 5) is 29.5. The van der Waals surface area contributed by atoms with Gasteiger partial charge in [0.1, 0.15) is 5.75 Å². The van der Waals surface area contributed by atoms with Crippen molar-refractivity contribution in [3.63, 3.8) is 0 Å². The molecule has 2 saturated heterocycles. The number of carbonyl (C=O) groups excluding carboxylic acids is 2. The van der Waals surface area contributed by atoms with Crippen molar-refractivity contribution in [2.75, 3.05) is 33.8 Å². The summed E-state index contributed by atoms with van der Waals surface area (Å²) in [5.74, 6) is 0.873. The second-order valence-corrected chi connectivity index (χ2v) is 7.76. The zero-order valence-electron chi connectivity index (χ0n) is 15.1. The first-order valence-electron chi connectivity index (χ1n) is 9.29. The lowest BCUT2D eigenvalue weighted by Gasteiger charge is -2.37. The quantitative estimate of drug-likeness (QED) is 0.828. The van der Waals surface area contributed by atoms with Gasteiger partial charge >= 0.3 is 0 Å². The van der Waals surface area contributed by atoms with Crippen molar-refractivity contribution >= 4 is 11.8 Å². The monoisotopic (exact) mass is 342 g/mol. The van der Waals surface area contributed by atoms with Gasteiger partial charge in [0.25, 0.3) is 5.91 Å². The Kier molecular flexibility index (Phi) is 3.97. The summed E-state index contributed by atoms with van der Waals surface area (Å²) in [5.41, 5.74) is 2.85. The molecule has 1 aromatic rings. The van der Waals surface area contributed by atoms with E-state index in [0.29, 0.717) is 24.4 Å². The highest BCUT2D eigenvalue weighted by molar-refractivity contribution is 5.98. The van der Waals surface area contributed by atoms with E-state index in [4.69, 9.17) is 4.74 Å². The number of ether oxygens (including phenoxy) is 1. The normalized spacial score (nSPS) is 25.6. The zero-order chi connectivity index (χ0) is 17.6. The Morgan fingerprint density at radius 2 is 1.88 bits per heavy atom. The summed E-state index contributed by atoms with van der Waals surface area (Å²) in [5, 5.41) is 0. The van der Waals surface area contributed by atoms with Crippen LogP contribution in [0.2, 0.25) is 0 Å². The van der Waals surface area contributed by atoms with Crippen LogP contribution in [0.3, 0.4) is 0 Å². The van der Waals surface area contributed by atoms with Crippen LogP contribution in [-0.2, 0) is 17.6 Å². The summed E-state index contributed by atoms with van der Waals surface area (Å²) in [7, 11) is 3.50. The van der Waals surface area contributed by atoms with E-state index in [0.717, 1.165) is 45.1 Å². The number of piperidine rings is 1. The number of fused-ring (bicyclic) bond motifs is 1. The van der Waals surface area contributed by atoms with Gasteiger partial charge in [0.15, 0.2) is 0 Å². The van der Waals surface area contributed by atoms with E-state index in [-0.39, 0.29) is 17.2 Å². The lowest BCUT2D eigenvalue weighted by Crippen LogP contribution is -2.48. The summed E-state index contributed by atoms with van der Waals surface area (Å²) < 4.78 is 5.50. The zero-order valence-corrected chi connectivity index (χ0v) is 15.1. The summed E-state index contributed by atoms with van der Waals surface area (Å²) in [6.45, 7) is 2.01. The molecule has 3 aliphatic rings. The molecule has 0 N–H and O–H groups in total. The molecule has 1 aromatic carbocycles. The number of hydrogen-bond acceptors (Lipinski definition) is 3. The number of hydrogen-bond donors (Lipinski definition) is 0. The number of likely N-dealkylation sites (tertiary alicyclic amines) is 2. The van der Waals surface area contributed by atoms with Crippen LogP contribution < -0.4 is 4.74 Å². The van der Waals surface area contributed by atoms with Crippen LogP contribution in [0.5, 0.6) is 5.75 Å². The maximum atomic E-state index is 13.2. The lowest BCUT2D eigenvalue weighted by atomic mass is 9.78. The molecule has 1 atom stereocenters. The molecule has 1 spiro atoms. The van der Waals surface area contributed by atoms with Gasteiger partial charge in [0.2, 0.25) is 5.91 Å². The molecule has 0 bridgehead atoms. The first-order chi connectivity index (χ1) is 12.0. The van der Waals surface area contributed by atoms with E-state index < -0.39 is 0 Å². The Morgan fingerprint density at radius 1 is 1.12 bits per heavy atom. The minimum Gasteiger partial charge on any atom is -0.496 e. The van der Waals surface area contributed by atoms with Crippen molar-refractivity contribution in [3.8, 4) is 5.75 Å². The second kappa shape index (κ2) is 6.04.